The standard InChI is InChI=1S/C19H25ClN2O2S/c1-18(2,3)13-9-7-12(8-10-13)11-25-15-14(20)17(24)22(19(4,5)6)21-16(15)23/h7-10H,11H2,1-6H3,(H,21,23). The van der Waals surface area contributed by atoms with E-state index < -0.39 is 5.54 Å². The largest absolute Gasteiger partial charge is 0.285 e. The van der Waals surface area contributed by atoms with Crippen molar-refractivity contribution in [1.29, 1.82) is 0 Å². The fourth-order valence-corrected chi connectivity index (χ4v) is 3.58. The summed E-state index contributed by atoms with van der Waals surface area (Å²) in [6.45, 7) is 12.0. The van der Waals surface area contributed by atoms with Gasteiger partial charge in [-0.15, -0.1) is 11.8 Å². The van der Waals surface area contributed by atoms with Crippen molar-refractivity contribution < 1.29 is 0 Å². The van der Waals surface area contributed by atoms with Crippen molar-refractivity contribution in [2.24, 2.45) is 0 Å². The zero-order valence-corrected chi connectivity index (χ0v) is 17.1. The van der Waals surface area contributed by atoms with Gasteiger partial charge in [-0.2, -0.15) is 0 Å². The third kappa shape index (κ3) is 4.59. The van der Waals surface area contributed by atoms with Crippen molar-refractivity contribution in [3.8, 4) is 0 Å². The van der Waals surface area contributed by atoms with Gasteiger partial charge in [0, 0.05) is 5.75 Å². The summed E-state index contributed by atoms with van der Waals surface area (Å²) in [5, 5.41) is 2.62. The van der Waals surface area contributed by atoms with Crippen molar-refractivity contribution in [3.63, 3.8) is 0 Å². The van der Waals surface area contributed by atoms with Gasteiger partial charge in [0.25, 0.3) is 11.1 Å². The van der Waals surface area contributed by atoms with Gasteiger partial charge >= 0.3 is 0 Å². The van der Waals surface area contributed by atoms with Gasteiger partial charge in [0.1, 0.15) is 5.02 Å². The summed E-state index contributed by atoms with van der Waals surface area (Å²) in [5.74, 6) is 0.576. The van der Waals surface area contributed by atoms with Gasteiger partial charge in [-0.1, -0.05) is 56.6 Å². The van der Waals surface area contributed by atoms with E-state index in [4.69, 9.17) is 11.6 Å². The van der Waals surface area contributed by atoms with E-state index in [2.05, 4.69) is 38.0 Å². The zero-order chi connectivity index (χ0) is 19.0. The molecule has 0 atom stereocenters. The van der Waals surface area contributed by atoms with Crippen LogP contribution in [0.3, 0.4) is 0 Å². The molecule has 1 heterocycles. The summed E-state index contributed by atoms with van der Waals surface area (Å²) >= 11 is 7.47. The topological polar surface area (TPSA) is 54.9 Å². The number of halogens is 1. The van der Waals surface area contributed by atoms with Crippen LogP contribution in [0.1, 0.15) is 52.7 Å². The van der Waals surface area contributed by atoms with Crippen molar-refractivity contribution in [3.05, 3.63) is 61.1 Å². The van der Waals surface area contributed by atoms with Crippen LogP contribution in [0, 0.1) is 0 Å². The summed E-state index contributed by atoms with van der Waals surface area (Å²) in [6.07, 6.45) is 0. The van der Waals surface area contributed by atoms with E-state index in [-0.39, 0.29) is 26.5 Å². The maximum absolute atomic E-state index is 12.4. The average Bonchev–Trinajstić information content (AvgIpc) is 2.49. The van der Waals surface area contributed by atoms with E-state index in [0.29, 0.717) is 5.75 Å². The number of hydrogen-bond donors (Lipinski definition) is 1. The van der Waals surface area contributed by atoms with Gasteiger partial charge in [0.15, 0.2) is 0 Å². The molecule has 0 aliphatic rings. The van der Waals surface area contributed by atoms with Gasteiger partial charge in [0.05, 0.1) is 10.4 Å². The highest BCUT2D eigenvalue weighted by Gasteiger charge is 2.21. The van der Waals surface area contributed by atoms with E-state index >= 15 is 0 Å². The van der Waals surface area contributed by atoms with Crippen molar-refractivity contribution in [2.75, 3.05) is 0 Å². The molecule has 0 saturated carbocycles. The highest BCUT2D eigenvalue weighted by Crippen LogP contribution is 2.27. The van der Waals surface area contributed by atoms with Gasteiger partial charge in [-0.05, 0) is 37.3 Å². The second kappa shape index (κ2) is 7.04. The molecule has 2 rings (SSSR count). The Kier molecular flexibility index (Phi) is 5.59. The van der Waals surface area contributed by atoms with Crippen LogP contribution in [0.15, 0.2) is 38.8 Å². The van der Waals surface area contributed by atoms with Gasteiger partial charge < -0.3 is 0 Å². The molecule has 4 nitrogen and oxygen atoms in total. The molecule has 0 radical (unpaired) electrons. The summed E-state index contributed by atoms with van der Waals surface area (Å²) in [4.78, 5) is 25.0. The average molecular weight is 381 g/mol. The minimum absolute atomic E-state index is 0.0185. The number of nitrogens with zero attached hydrogens (tertiary/aromatic N) is 1. The van der Waals surface area contributed by atoms with Crippen molar-refractivity contribution in [2.45, 2.75) is 63.1 Å². The number of rotatable bonds is 3. The Morgan fingerprint density at radius 2 is 1.60 bits per heavy atom. The molecule has 1 aromatic heterocycles. The fourth-order valence-electron chi connectivity index (χ4n) is 2.36. The molecule has 136 valence electrons. The number of H-pyrrole nitrogens is 1. The number of thioether (sulfide) groups is 1. The minimum atomic E-state index is -0.536. The summed E-state index contributed by atoms with van der Waals surface area (Å²) in [5.41, 5.74) is 1.18. The van der Waals surface area contributed by atoms with Crippen molar-refractivity contribution in [1.82, 2.24) is 9.78 Å². The Bertz CT molecular complexity index is 869. The number of hydrogen-bond acceptors (Lipinski definition) is 3. The molecule has 0 bridgehead atoms. The molecule has 1 aromatic carbocycles. The molecule has 2 aromatic rings. The summed E-state index contributed by atoms with van der Waals surface area (Å²) < 4.78 is 1.28. The van der Waals surface area contributed by atoms with Crippen LogP contribution in [0.5, 0.6) is 0 Å². The van der Waals surface area contributed by atoms with E-state index in [1.54, 1.807) is 0 Å². The summed E-state index contributed by atoms with van der Waals surface area (Å²) in [7, 11) is 0. The molecule has 0 saturated heterocycles. The van der Waals surface area contributed by atoms with Crippen LogP contribution in [0.25, 0.3) is 0 Å². The lowest BCUT2D eigenvalue weighted by molar-refractivity contribution is 0.332. The van der Waals surface area contributed by atoms with E-state index in [0.717, 1.165) is 5.56 Å². The first-order valence-electron chi connectivity index (χ1n) is 8.19. The Balaban J connectivity index is 2.26. The molecular weight excluding hydrogens is 356 g/mol. The van der Waals surface area contributed by atoms with Gasteiger partial charge in [-0.25, -0.2) is 4.68 Å². The van der Waals surface area contributed by atoms with Crippen LogP contribution in [0.2, 0.25) is 5.02 Å². The third-order valence-electron chi connectivity index (χ3n) is 3.88. The molecule has 0 amide bonds. The van der Waals surface area contributed by atoms with Gasteiger partial charge in [-0.3, -0.25) is 14.7 Å². The lowest BCUT2D eigenvalue weighted by atomic mass is 9.87. The van der Waals surface area contributed by atoms with Crippen LogP contribution in [0.4, 0.5) is 0 Å². The number of nitrogens with one attached hydrogen (secondary N) is 1. The minimum Gasteiger partial charge on any atom is -0.267 e. The highest BCUT2D eigenvalue weighted by atomic mass is 35.5. The Hall–Kier alpha value is -1.46. The molecule has 0 spiro atoms. The molecule has 25 heavy (non-hydrogen) atoms. The number of aromatic amines is 1. The third-order valence-corrected chi connectivity index (χ3v) is 5.50. The lowest BCUT2D eigenvalue weighted by Gasteiger charge is -2.22. The molecule has 0 fully saturated rings. The maximum Gasteiger partial charge on any atom is 0.285 e. The van der Waals surface area contributed by atoms with E-state index in [1.165, 1.54) is 22.0 Å². The maximum atomic E-state index is 12.4. The molecule has 0 aliphatic heterocycles. The highest BCUT2D eigenvalue weighted by molar-refractivity contribution is 7.98. The fraction of sp³-hybridized carbons (Fsp3) is 0.474. The van der Waals surface area contributed by atoms with Crippen LogP contribution < -0.4 is 11.1 Å². The second-order valence-electron chi connectivity index (χ2n) is 8.13. The molecule has 1 N–H and O–H groups in total. The van der Waals surface area contributed by atoms with Gasteiger partial charge in [0.2, 0.25) is 0 Å². The molecule has 0 aliphatic carbocycles. The van der Waals surface area contributed by atoms with E-state index in [1.807, 2.05) is 32.9 Å². The smallest absolute Gasteiger partial charge is 0.267 e. The van der Waals surface area contributed by atoms with E-state index in [9.17, 15) is 9.59 Å². The molecular formula is C19H25ClN2O2S. The van der Waals surface area contributed by atoms with Crippen molar-refractivity contribution >= 4 is 23.4 Å². The lowest BCUT2D eigenvalue weighted by Crippen LogP contribution is -2.40. The quantitative estimate of drug-likeness (QED) is 0.795. The summed E-state index contributed by atoms with van der Waals surface area (Å²) in [6, 6.07) is 8.29. The Morgan fingerprint density at radius 1 is 1.04 bits per heavy atom. The van der Waals surface area contributed by atoms with Crippen LogP contribution in [-0.2, 0) is 16.7 Å². The second-order valence-corrected chi connectivity index (χ2v) is 9.49. The normalized spacial score (nSPS) is 12.4. The number of benzene rings is 1. The first kappa shape index (κ1) is 19.9. The molecule has 6 heteroatoms. The monoisotopic (exact) mass is 380 g/mol. The first-order chi connectivity index (χ1) is 11.4. The van der Waals surface area contributed by atoms with Crippen LogP contribution >= 0.6 is 23.4 Å². The van der Waals surface area contributed by atoms with Crippen LogP contribution in [-0.4, -0.2) is 9.78 Å². The number of aromatic nitrogens is 2. The first-order valence-corrected chi connectivity index (χ1v) is 9.55. The Labute approximate surface area is 157 Å². The zero-order valence-electron chi connectivity index (χ0n) is 15.6. The Morgan fingerprint density at radius 3 is 2.08 bits per heavy atom. The molecule has 0 unspecified atom stereocenters. The predicted molar refractivity (Wildman–Crippen MR) is 106 cm³/mol. The SMILES string of the molecule is CC(C)(C)c1ccc(CSc2c(Cl)c(=O)n(C(C)(C)C)[nH]c2=O)cc1. The predicted octanol–water partition coefficient (Wildman–Crippen LogP) is 4.53.